The highest BCUT2D eigenvalue weighted by Gasteiger charge is 2.25. The fourth-order valence-corrected chi connectivity index (χ4v) is 2.19. The van der Waals surface area contributed by atoms with E-state index >= 15 is 0 Å². The SMILES string of the molecule is O=C(O)[C@H](Cc1cccc(F)c1)Nc1ccc([N+](=O)[O-])cc1[N+](=O)[O-]. The minimum absolute atomic E-state index is 0.138. The third-order valence-corrected chi connectivity index (χ3v) is 3.35. The molecule has 0 aliphatic heterocycles. The maximum absolute atomic E-state index is 13.2. The van der Waals surface area contributed by atoms with Gasteiger partial charge < -0.3 is 10.4 Å². The number of aliphatic carboxylic acids is 1. The van der Waals surface area contributed by atoms with Gasteiger partial charge in [0.05, 0.1) is 15.9 Å². The number of nitrogens with one attached hydrogen (secondary N) is 1. The summed E-state index contributed by atoms with van der Waals surface area (Å²) in [5.41, 5.74) is -0.919. The van der Waals surface area contributed by atoms with Crippen molar-refractivity contribution in [3.63, 3.8) is 0 Å². The third kappa shape index (κ3) is 4.47. The second kappa shape index (κ2) is 7.34. The Morgan fingerprint density at radius 3 is 2.44 bits per heavy atom. The molecule has 0 spiro atoms. The number of carboxylic acid groups (broad SMARTS) is 1. The van der Waals surface area contributed by atoms with Crippen molar-refractivity contribution < 1.29 is 24.1 Å². The lowest BCUT2D eigenvalue weighted by Gasteiger charge is -2.16. The number of nitro benzene ring substituents is 2. The molecule has 130 valence electrons. The van der Waals surface area contributed by atoms with Gasteiger partial charge in [0.2, 0.25) is 0 Å². The van der Waals surface area contributed by atoms with Crippen molar-refractivity contribution in [2.24, 2.45) is 0 Å². The minimum atomic E-state index is -1.31. The van der Waals surface area contributed by atoms with Crippen LogP contribution in [-0.4, -0.2) is 27.0 Å². The Hall–Kier alpha value is -3.56. The predicted molar refractivity (Wildman–Crippen MR) is 84.9 cm³/mol. The third-order valence-electron chi connectivity index (χ3n) is 3.35. The lowest BCUT2D eigenvalue weighted by Crippen LogP contribution is -2.31. The van der Waals surface area contributed by atoms with Gasteiger partial charge in [-0.25, -0.2) is 9.18 Å². The summed E-state index contributed by atoms with van der Waals surface area (Å²) in [6.45, 7) is 0. The largest absolute Gasteiger partial charge is 0.480 e. The fraction of sp³-hybridized carbons (Fsp3) is 0.133. The van der Waals surface area contributed by atoms with Crippen molar-refractivity contribution >= 4 is 23.0 Å². The summed E-state index contributed by atoms with van der Waals surface area (Å²) in [5, 5.41) is 33.6. The summed E-state index contributed by atoms with van der Waals surface area (Å²) < 4.78 is 13.2. The Bertz CT molecular complexity index is 842. The molecule has 0 amide bonds. The molecule has 0 aromatic heterocycles. The number of halogens is 1. The normalized spacial score (nSPS) is 11.6. The van der Waals surface area contributed by atoms with Gasteiger partial charge in [0.15, 0.2) is 0 Å². The monoisotopic (exact) mass is 349 g/mol. The molecule has 2 rings (SSSR count). The number of anilines is 1. The van der Waals surface area contributed by atoms with Gasteiger partial charge in [0.25, 0.3) is 11.4 Å². The van der Waals surface area contributed by atoms with Crippen LogP contribution in [0.1, 0.15) is 5.56 Å². The average molecular weight is 349 g/mol. The molecule has 0 heterocycles. The molecule has 0 saturated carbocycles. The van der Waals surface area contributed by atoms with Crippen LogP contribution in [0.15, 0.2) is 42.5 Å². The van der Waals surface area contributed by atoms with Gasteiger partial charge in [0.1, 0.15) is 17.5 Å². The van der Waals surface area contributed by atoms with Crippen LogP contribution in [0, 0.1) is 26.0 Å². The van der Waals surface area contributed by atoms with Gasteiger partial charge in [-0.15, -0.1) is 0 Å². The molecule has 1 atom stereocenters. The lowest BCUT2D eigenvalue weighted by atomic mass is 10.1. The minimum Gasteiger partial charge on any atom is -0.480 e. The van der Waals surface area contributed by atoms with Crippen molar-refractivity contribution in [3.8, 4) is 0 Å². The molecular formula is C15H12FN3O6. The number of benzene rings is 2. The second-order valence-corrected chi connectivity index (χ2v) is 5.08. The van der Waals surface area contributed by atoms with E-state index in [-0.39, 0.29) is 12.1 Å². The first kappa shape index (κ1) is 17.8. The van der Waals surface area contributed by atoms with Crippen molar-refractivity contribution in [2.75, 3.05) is 5.32 Å². The first-order valence-corrected chi connectivity index (χ1v) is 6.94. The van der Waals surface area contributed by atoms with Crippen LogP contribution in [-0.2, 0) is 11.2 Å². The number of carbonyl (C=O) groups is 1. The number of rotatable bonds is 7. The summed E-state index contributed by atoms with van der Waals surface area (Å²) >= 11 is 0. The Kier molecular flexibility index (Phi) is 5.22. The van der Waals surface area contributed by atoms with Crippen molar-refractivity contribution in [1.82, 2.24) is 0 Å². The van der Waals surface area contributed by atoms with E-state index in [2.05, 4.69) is 5.32 Å². The molecule has 10 heteroatoms. The van der Waals surface area contributed by atoms with Gasteiger partial charge in [-0.05, 0) is 23.8 Å². The van der Waals surface area contributed by atoms with E-state index in [9.17, 15) is 34.5 Å². The topological polar surface area (TPSA) is 136 Å². The van der Waals surface area contributed by atoms with Crippen molar-refractivity contribution in [3.05, 3.63) is 74.1 Å². The molecule has 0 aliphatic carbocycles. The number of carboxylic acids is 1. The Morgan fingerprint density at radius 1 is 1.16 bits per heavy atom. The molecule has 25 heavy (non-hydrogen) atoms. The summed E-state index contributed by atoms with van der Waals surface area (Å²) in [4.78, 5) is 31.6. The van der Waals surface area contributed by atoms with Crippen LogP contribution in [0.5, 0.6) is 0 Å². The first-order valence-electron chi connectivity index (χ1n) is 6.94. The zero-order chi connectivity index (χ0) is 18.6. The Morgan fingerprint density at radius 2 is 1.88 bits per heavy atom. The predicted octanol–water partition coefficient (Wildman–Crippen LogP) is 2.75. The van der Waals surface area contributed by atoms with E-state index in [1.807, 2.05) is 0 Å². The van der Waals surface area contributed by atoms with Crippen molar-refractivity contribution in [1.29, 1.82) is 0 Å². The summed E-state index contributed by atoms with van der Waals surface area (Å²) in [7, 11) is 0. The van der Waals surface area contributed by atoms with Crippen LogP contribution >= 0.6 is 0 Å². The van der Waals surface area contributed by atoms with Crippen LogP contribution in [0.25, 0.3) is 0 Å². The number of hydrogen-bond acceptors (Lipinski definition) is 6. The van der Waals surface area contributed by atoms with Gasteiger partial charge in [-0.3, -0.25) is 20.2 Å². The number of nitro groups is 2. The number of non-ortho nitro benzene ring substituents is 1. The van der Waals surface area contributed by atoms with E-state index < -0.39 is 39.0 Å². The van der Waals surface area contributed by atoms with E-state index in [1.165, 1.54) is 18.2 Å². The maximum atomic E-state index is 13.2. The standard InChI is InChI=1S/C15H12FN3O6/c16-10-3-1-2-9(6-10)7-13(15(20)21)17-12-5-4-11(18(22)23)8-14(12)19(24)25/h1-6,8,13,17H,7H2,(H,20,21)/t13-/m0/s1. The fourth-order valence-electron chi connectivity index (χ4n) is 2.19. The molecule has 2 aromatic rings. The van der Waals surface area contributed by atoms with E-state index in [1.54, 1.807) is 0 Å². The number of nitrogens with zero attached hydrogens (tertiary/aromatic N) is 2. The van der Waals surface area contributed by atoms with Crippen LogP contribution < -0.4 is 5.32 Å². The molecule has 0 radical (unpaired) electrons. The first-order chi connectivity index (χ1) is 11.8. The van der Waals surface area contributed by atoms with Crippen LogP contribution in [0.3, 0.4) is 0 Å². The molecular weight excluding hydrogens is 337 g/mol. The van der Waals surface area contributed by atoms with Gasteiger partial charge >= 0.3 is 5.97 Å². The molecule has 2 aromatic carbocycles. The van der Waals surface area contributed by atoms with Gasteiger partial charge in [-0.2, -0.15) is 0 Å². The molecule has 9 nitrogen and oxygen atoms in total. The number of hydrogen-bond donors (Lipinski definition) is 2. The zero-order valence-electron chi connectivity index (χ0n) is 12.6. The highest BCUT2D eigenvalue weighted by Crippen LogP contribution is 2.29. The molecule has 0 bridgehead atoms. The highest BCUT2D eigenvalue weighted by molar-refractivity contribution is 5.79. The summed E-state index contributed by atoms with van der Waals surface area (Å²) in [6, 6.07) is 6.83. The maximum Gasteiger partial charge on any atom is 0.326 e. The van der Waals surface area contributed by atoms with Crippen LogP contribution in [0.2, 0.25) is 0 Å². The zero-order valence-corrected chi connectivity index (χ0v) is 12.6. The average Bonchev–Trinajstić information content (AvgIpc) is 2.54. The van der Waals surface area contributed by atoms with Crippen LogP contribution in [0.4, 0.5) is 21.5 Å². The molecule has 2 N–H and O–H groups in total. The van der Waals surface area contributed by atoms with E-state index in [0.29, 0.717) is 5.56 Å². The highest BCUT2D eigenvalue weighted by atomic mass is 19.1. The lowest BCUT2D eigenvalue weighted by molar-refractivity contribution is -0.393. The Balaban J connectivity index is 2.31. The Labute approximate surface area is 140 Å². The van der Waals surface area contributed by atoms with E-state index in [0.717, 1.165) is 24.3 Å². The molecule has 0 aliphatic rings. The molecule has 0 unspecified atom stereocenters. The molecule has 0 fully saturated rings. The second-order valence-electron chi connectivity index (χ2n) is 5.08. The quantitative estimate of drug-likeness (QED) is 0.579. The summed E-state index contributed by atoms with van der Waals surface area (Å²) in [5.74, 6) is -1.85. The van der Waals surface area contributed by atoms with Gasteiger partial charge in [0, 0.05) is 12.5 Å². The van der Waals surface area contributed by atoms with Gasteiger partial charge in [-0.1, -0.05) is 12.1 Å². The summed E-state index contributed by atoms with van der Waals surface area (Å²) in [6.07, 6.45) is -0.138. The molecule has 0 saturated heterocycles. The smallest absolute Gasteiger partial charge is 0.326 e. The van der Waals surface area contributed by atoms with E-state index in [4.69, 9.17) is 0 Å². The van der Waals surface area contributed by atoms with Crippen molar-refractivity contribution in [2.45, 2.75) is 12.5 Å².